The molecule has 23 heavy (non-hydrogen) atoms. The highest BCUT2D eigenvalue weighted by Crippen LogP contribution is 2.14. The van der Waals surface area contributed by atoms with Crippen LogP contribution < -0.4 is 16.0 Å². The summed E-state index contributed by atoms with van der Waals surface area (Å²) in [6, 6.07) is 7.63. The molecule has 0 aliphatic carbocycles. The van der Waals surface area contributed by atoms with Crippen LogP contribution in [0.25, 0.3) is 0 Å². The average molecular weight is 314 g/mol. The fourth-order valence-electron chi connectivity index (χ4n) is 2.24. The third-order valence-corrected chi connectivity index (χ3v) is 3.56. The monoisotopic (exact) mass is 314 g/mol. The average Bonchev–Trinajstić information content (AvgIpc) is 2.58. The van der Waals surface area contributed by atoms with E-state index < -0.39 is 5.91 Å². The number of amides is 2. The molecular formula is C16H18N4O3. The molecule has 1 aromatic carbocycles. The van der Waals surface area contributed by atoms with Crippen molar-refractivity contribution >= 4 is 17.5 Å². The van der Waals surface area contributed by atoms with Crippen LogP contribution in [0.4, 0.5) is 5.69 Å². The minimum absolute atomic E-state index is 0.0771. The SMILES string of the molecule is N#C/C(=C/NC(=O)C1CCNCC1)C(=O)Nc1ccc(O)cc1. The summed E-state index contributed by atoms with van der Waals surface area (Å²) < 4.78 is 0. The maximum atomic E-state index is 12.0. The summed E-state index contributed by atoms with van der Waals surface area (Å²) in [5, 5.41) is 26.5. The molecule has 1 aliphatic heterocycles. The second-order valence-electron chi connectivity index (χ2n) is 5.20. The van der Waals surface area contributed by atoms with Gasteiger partial charge in [0.1, 0.15) is 17.4 Å². The Morgan fingerprint density at radius 1 is 1.26 bits per heavy atom. The van der Waals surface area contributed by atoms with E-state index in [1.165, 1.54) is 24.3 Å². The lowest BCUT2D eigenvalue weighted by molar-refractivity contribution is -0.124. The van der Waals surface area contributed by atoms with Crippen molar-refractivity contribution in [3.05, 3.63) is 36.0 Å². The van der Waals surface area contributed by atoms with Crippen LogP contribution in [0.5, 0.6) is 5.75 Å². The van der Waals surface area contributed by atoms with Crippen LogP contribution in [-0.2, 0) is 9.59 Å². The van der Waals surface area contributed by atoms with Crippen LogP contribution in [0, 0.1) is 17.2 Å². The fraction of sp³-hybridized carbons (Fsp3) is 0.312. The lowest BCUT2D eigenvalue weighted by Crippen LogP contribution is -2.36. The van der Waals surface area contributed by atoms with Gasteiger partial charge in [0, 0.05) is 17.8 Å². The molecule has 7 nitrogen and oxygen atoms in total. The first-order valence-electron chi connectivity index (χ1n) is 7.32. The Morgan fingerprint density at radius 3 is 2.52 bits per heavy atom. The smallest absolute Gasteiger partial charge is 0.267 e. The molecule has 1 aromatic rings. The summed E-state index contributed by atoms with van der Waals surface area (Å²) in [6.45, 7) is 1.57. The number of carbonyl (C=O) groups is 2. The van der Waals surface area contributed by atoms with Crippen molar-refractivity contribution in [1.29, 1.82) is 5.26 Å². The first-order valence-corrected chi connectivity index (χ1v) is 7.32. The predicted octanol–water partition coefficient (Wildman–Crippen LogP) is 0.854. The van der Waals surface area contributed by atoms with Crippen molar-refractivity contribution in [2.24, 2.45) is 5.92 Å². The molecule has 0 spiro atoms. The van der Waals surface area contributed by atoms with Gasteiger partial charge in [-0.1, -0.05) is 0 Å². The number of phenols is 1. The summed E-state index contributed by atoms with van der Waals surface area (Å²) in [7, 11) is 0. The van der Waals surface area contributed by atoms with E-state index in [0.717, 1.165) is 32.1 Å². The van der Waals surface area contributed by atoms with Gasteiger partial charge in [0.05, 0.1) is 0 Å². The molecule has 4 N–H and O–H groups in total. The minimum atomic E-state index is -0.621. The quantitative estimate of drug-likeness (QED) is 0.374. The fourth-order valence-corrected chi connectivity index (χ4v) is 2.24. The summed E-state index contributed by atoms with van der Waals surface area (Å²) in [5.74, 6) is -0.832. The standard InChI is InChI=1S/C16H18N4O3/c17-9-12(10-19-15(22)11-5-7-18-8-6-11)16(23)20-13-1-3-14(21)4-2-13/h1-4,10-11,18,21H,5-8H2,(H,19,22)(H,20,23)/b12-10-. The van der Waals surface area contributed by atoms with Gasteiger partial charge in [0.15, 0.2) is 0 Å². The van der Waals surface area contributed by atoms with Crippen molar-refractivity contribution in [2.75, 3.05) is 18.4 Å². The molecule has 1 fully saturated rings. The van der Waals surface area contributed by atoms with Crippen LogP contribution in [0.1, 0.15) is 12.8 Å². The molecule has 0 aromatic heterocycles. The molecule has 1 heterocycles. The van der Waals surface area contributed by atoms with Gasteiger partial charge in [-0.15, -0.1) is 0 Å². The second-order valence-corrected chi connectivity index (χ2v) is 5.20. The number of phenolic OH excluding ortho intramolecular Hbond substituents is 1. The molecule has 0 unspecified atom stereocenters. The van der Waals surface area contributed by atoms with E-state index in [0.29, 0.717) is 5.69 Å². The Bertz CT molecular complexity index is 640. The number of anilines is 1. The van der Waals surface area contributed by atoms with E-state index in [2.05, 4.69) is 16.0 Å². The second kappa shape index (κ2) is 7.96. The number of hydrogen-bond donors (Lipinski definition) is 4. The van der Waals surface area contributed by atoms with Crippen molar-refractivity contribution < 1.29 is 14.7 Å². The molecule has 0 saturated carbocycles. The molecule has 120 valence electrons. The lowest BCUT2D eigenvalue weighted by Gasteiger charge is -2.20. The molecule has 1 saturated heterocycles. The lowest BCUT2D eigenvalue weighted by atomic mass is 9.97. The summed E-state index contributed by atoms with van der Waals surface area (Å²) in [6.07, 6.45) is 2.61. The normalized spacial score (nSPS) is 15.5. The number of nitrogens with zero attached hydrogens (tertiary/aromatic N) is 1. The van der Waals surface area contributed by atoms with Crippen LogP contribution in [0.3, 0.4) is 0 Å². The zero-order valence-electron chi connectivity index (χ0n) is 12.5. The van der Waals surface area contributed by atoms with Crippen molar-refractivity contribution in [3.63, 3.8) is 0 Å². The van der Waals surface area contributed by atoms with Crippen molar-refractivity contribution in [1.82, 2.24) is 10.6 Å². The van der Waals surface area contributed by atoms with Gasteiger partial charge in [-0.3, -0.25) is 9.59 Å². The van der Waals surface area contributed by atoms with Crippen LogP contribution in [0.15, 0.2) is 36.0 Å². The summed E-state index contributed by atoms with van der Waals surface area (Å²) >= 11 is 0. The number of aromatic hydroxyl groups is 1. The van der Waals surface area contributed by atoms with E-state index in [1.54, 1.807) is 6.07 Å². The van der Waals surface area contributed by atoms with Gasteiger partial charge in [0.25, 0.3) is 5.91 Å². The van der Waals surface area contributed by atoms with Crippen molar-refractivity contribution in [2.45, 2.75) is 12.8 Å². The zero-order valence-corrected chi connectivity index (χ0v) is 12.5. The molecule has 2 rings (SSSR count). The Hall–Kier alpha value is -2.85. The Kier molecular flexibility index (Phi) is 5.72. The van der Waals surface area contributed by atoms with Crippen LogP contribution in [0.2, 0.25) is 0 Å². The number of nitrogens with one attached hydrogen (secondary N) is 3. The highest BCUT2D eigenvalue weighted by Gasteiger charge is 2.20. The van der Waals surface area contributed by atoms with E-state index in [4.69, 9.17) is 5.26 Å². The molecule has 0 radical (unpaired) electrons. The number of carbonyl (C=O) groups excluding carboxylic acids is 2. The van der Waals surface area contributed by atoms with E-state index >= 15 is 0 Å². The predicted molar refractivity (Wildman–Crippen MR) is 84.2 cm³/mol. The Morgan fingerprint density at radius 2 is 1.91 bits per heavy atom. The number of benzene rings is 1. The minimum Gasteiger partial charge on any atom is -0.508 e. The van der Waals surface area contributed by atoms with Gasteiger partial charge in [-0.25, -0.2) is 0 Å². The zero-order chi connectivity index (χ0) is 16.7. The van der Waals surface area contributed by atoms with Crippen molar-refractivity contribution in [3.8, 4) is 11.8 Å². The highest BCUT2D eigenvalue weighted by molar-refractivity contribution is 6.06. The number of piperidine rings is 1. The van der Waals surface area contributed by atoms with Gasteiger partial charge in [-0.2, -0.15) is 5.26 Å². The number of rotatable bonds is 4. The molecule has 0 bridgehead atoms. The summed E-state index contributed by atoms with van der Waals surface area (Å²) in [5.41, 5.74) is 0.249. The largest absolute Gasteiger partial charge is 0.508 e. The highest BCUT2D eigenvalue weighted by atomic mass is 16.3. The third-order valence-electron chi connectivity index (χ3n) is 3.56. The Labute approximate surface area is 134 Å². The van der Waals surface area contributed by atoms with Crippen LogP contribution in [-0.4, -0.2) is 30.0 Å². The van der Waals surface area contributed by atoms with E-state index in [1.807, 2.05) is 0 Å². The summed E-state index contributed by atoms with van der Waals surface area (Å²) in [4.78, 5) is 24.0. The maximum Gasteiger partial charge on any atom is 0.267 e. The molecular weight excluding hydrogens is 296 g/mol. The maximum absolute atomic E-state index is 12.0. The van der Waals surface area contributed by atoms with Gasteiger partial charge in [0.2, 0.25) is 5.91 Å². The van der Waals surface area contributed by atoms with Gasteiger partial charge in [-0.05, 0) is 50.2 Å². The van der Waals surface area contributed by atoms with E-state index in [-0.39, 0.29) is 23.1 Å². The van der Waals surface area contributed by atoms with Gasteiger partial charge >= 0.3 is 0 Å². The number of hydrogen-bond acceptors (Lipinski definition) is 5. The topological polar surface area (TPSA) is 114 Å². The molecule has 0 atom stereocenters. The first kappa shape index (κ1) is 16.5. The molecule has 2 amide bonds. The number of nitriles is 1. The Balaban J connectivity index is 1.94. The third kappa shape index (κ3) is 4.83. The first-order chi connectivity index (χ1) is 11.1. The van der Waals surface area contributed by atoms with E-state index in [9.17, 15) is 14.7 Å². The molecule has 7 heteroatoms. The van der Waals surface area contributed by atoms with Gasteiger partial charge < -0.3 is 21.1 Å². The molecule has 1 aliphatic rings. The van der Waals surface area contributed by atoms with Crippen LogP contribution >= 0.6 is 0 Å².